The number of carbonyl (C=O) groups excluding carboxylic acids is 2. The van der Waals surface area contributed by atoms with Crippen LogP contribution < -0.4 is 10.2 Å². The van der Waals surface area contributed by atoms with Gasteiger partial charge in [-0.25, -0.2) is 9.18 Å². The van der Waals surface area contributed by atoms with Gasteiger partial charge in [-0.2, -0.15) is 0 Å². The Kier molecular flexibility index (Phi) is 5.29. The zero-order valence-electron chi connectivity index (χ0n) is 13.7. The molecular formula is C17H19FN2O4S. The molecule has 2 amide bonds. The molecule has 134 valence electrons. The van der Waals surface area contributed by atoms with Gasteiger partial charge >= 0.3 is 6.09 Å². The van der Waals surface area contributed by atoms with E-state index < -0.39 is 29.2 Å². The van der Waals surface area contributed by atoms with E-state index in [1.54, 1.807) is 23.6 Å². The highest BCUT2D eigenvalue weighted by Gasteiger charge is 2.33. The minimum atomic E-state index is -0.964. The number of nitrogens with zero attached hydrogens (tertiary/aromatic N) is 1. The summed E-state index contributed by atoms with van der Waals surface area (Å²) in [6, 6.07) is 4.65. The standard InChI is InChI=1S/C17H19FN2O4S/c1-11(21)19-9-14-10-20(17(22)24-14)13-2-3-15(16(18)8-13)12-4-6-25(23)7-5-12/h2-4,6,8,12,14H,5,7,9-10H2,1H3,(H,19,21)/t12?,14-,25?/m0/s1. The molecule has 0 saturated carbocycles. The third-order valence-corrected chi connectivity index (χ3v) is 5.34. The highest BCUT2D eigenvalue weighted by atomic mass is 32.2. The van der Waals surface area contributed by atoms with Crippen molar-refractivity contribution in [1.82, 2.24) is 5.32 Å². The summed E-state index contributed by atoms with van der Waals surface area (Å²) in [5.41, 5.74) is 0.944. The van der Waals surface area contributed by atoms with Crippen molar-refractivity contribution in [3.8, 4) is 0 Å². The molecule has 1 aromatic rings. The van der Waals surface area contributed by atoms with Crippen LogP contribution in [0.5, 0.6) is 0 Å². The number of anilines is 1. The summed E-state index contributed by atoms with van der Waals surface area (Å²) in [6.45, 7) is 1.86. The van der Waals surface area contributed by atoms with Crippen LogP contribution in [0.2, 0.25) is 0 Å². The Labute approximate surface area is 148 Å². The van der Waals surface area contributed by atoms with Crippen molar-refractivity contribution in [3.63, 3.8) is 0 Å². The lowest BCUT2D eigenvalue weighted by Crippen LogP contribution is -2.33. The lowest BCUT2D eigenvalue weighted by Gasteiger charge is -2.20. The summed E-state index contributed by atoms with van der Waals surface area (Å²) < 4.78 is 31.1. The second-order valence-electron chi connectivity index (χ2n) is 6.07. The van der Waals surface area contributed by atoms with E-state index in [4.69, 9.17) is 4.74 Å². The Bertz CT molecular complexity index is 712. The van der Waals surface area contributed by atoms with Gasteiger partial charge < -0.3 is 14.6 Å². The number of carbonyl (C=O) groups is 2. The quantitative estimate of drug-likeness (QED) is 0.827. The van der Waals surface area contributed by atoms with Crippen molar-refractivity contribution in [1.29, 1.82) is 0 Å². The maximum Gasteiger partial charge on any atom is 0.414 e. The SMILES string of the molecule is CC(=O)NC[C@H]1CN(c2ccc(C3C=C[S+]([O-])CC3)c(F)c2)C(=O)O1. The second-order valence-corrected chi connectivity index (χ2v) is 7.51. The zero-order valence-corrected chi connectivity index (χ0v) is 14.6. The molecule has 8 heteroatoms. The van der Waals surface area contributed by atoms with Crippen LogP contribution in [0.3, 0.4) is 0 Å². The Balaban J connectivity index is 1.71. The number of cyclic esters (lactones) is 1. The number of allylic oxidation sites excluding steroid dienone is 1. The fourth-order valence-corrected chi connectivity index (χ4v) is 3.92. The van der Waals surface area contributed by atoms with Gasteiger partial charge in [0.15, 0.2) is 0 Å². The predicted molar refractivity (Wildman–Crippen MR) is 92.2 cm³/mol. The Hall–Kier alpha value is -2.06. The molecule has 3 rings (SSSR count). The summed E-state index contributed by atoms with van der Waals surface area (Å²) >= 11 is -0.964. The molecule has 0 aliphatic carbocycles. The van der Waals surface area contributed by atoms with Crippen molar-refractivity contribution >= 4 is 28.9 Å². The molecule has 2 unspecified atom stereocenters. The first kappa shape index (κ1) is 17.8. The fraction of sp³-hybridized carbons (Fsp3) is 0.412. The third kappa shape index (κ3) is 4.13. The molecule has 0 spiro atoms. The summed E-state index contributed by atoms with van der Waals surface area (Å²) in [4.78, 5) is 24.3. The molecule has 6 nitrogen and oxygen atoms in total. The van der Waals surface area contributed by atoms with E-state index in [1.807, 2.05) is 0 Å². The maximum atomic E-state index is 14.5. The summed E-state index contributed by atoms with van der Waals surface area (Å²) in [5, 5.41) is 4.20. The van der Waals surface area contributed by atoms with Crippen LogP contribution in [0.1, 0.15) is 24.8 Å². The molecule has 0 bridgehead atoms. The number of hydrogen-bond donors (Lipinski definition) is 1. The largest absolute Gasteiger partial charge is 0.612 e. The summed E-state index contributed by atoms with van der Waals surface area (Å²) in [7, 11) is 0. The van der Waals surface area contributed by atoms with Gasteiger partial charge in [0.2, 0.25) is 5.91 Å². The number of benzene rings is 1. The topological polar surface area (TPSA) is 81.7 Å². The minimum absolute atomic E-state index is 0.107. The highest BCUT2D eigenvalue weighted by Crippen LogP contribution is 2.31. The predicted octanol–water partition coefficient (Wildman–Crippen LogP) is 2.04. The normalized spacial score (nSPS) is 25.8. The fourth-order valence-electron chi connectivity index (χ4n) is 2.93. The molecule has 0 aromatic heterocycles. The molecule has 2 aliphatic rings. The summed E-state index contributed by atoms with van der Waals surface area (Å²) in [5.74, 6) is -0.194. The molecule has 1 saturated heterocycles. The number of hydrogen-bond acceptors (Lipinski definition) is 4. The highest BCUT2D eigenvalue weighted by molar-refractivity contribution is 7.94. The van der Waals surface area contributed by atoms with Crippen LogP contribution in [-0.2, 0) is 20.7 Å². The van der Waals surface area contributed by atoms with Gasteiger partial charge in [0, 0.05) is 19.3 Å². The van der Waals surface area contributed by atoms with E-state index in [0.717, 1.165) is 0 Å². The Morgan fingerprint density at radius 2 is 2.32 bits per heavy atom. The van der Waals surface area contributed by atoms with Gasteiger partial charge in [0.25, 0.3) is 0 Å². The maximum absolute atomic E-state index is 14.5. The van der Waals surface area contributed by atoms with E-state index in [2.05, 4.69) is 5.32 Å². The Morgan fingerprint density at radius 3 is 2.96 bits per heavy atom. The lowest BCUT2D eigenvalue weighted by molar-refractivity contribution is -0.119. The summed E-state index contributed by atoms with van der Waals surface area (Å²) in [6.07, 6.45) is 1.38. The number of nitrogens with one attached hydrogen (secondary N) is 1. The molecule has 0 radical (unpaired) electrons. The van der Waals surface area contributed by atoms with Crippen LogP contribution in [0.15, 0.2) is 29.7 Å². The van der Waals surface area contributed by atoms with Crippen LogP contribution >= 0.6 is 0 Å². The van der Waals surface area contributed by atoms with E-state index in [0.29, 0.717) is 23.4 Å². The molecule has 1 N–H and O–H groups in total. The van der Waals surface area contributed by atoms with Crippen LogP contribution in [-0.4, -0.2) is 41.5 Å². The number of halogens is 1. The molecule has 1 aromatic carbocycles. The molecule has 3 atom stereocenters. The van der Waals surface area contributed by atoms with Crippen LogP contribution in [0, 0.1) is 5.82 Å². The smallest absolute Gasteiger partial charge is 0.414 e. The number of ether oxygens (including phenoxy) is 1. The van der Waals surface area contributed by atoms with Crippen LogP contribution in [0.25, 0.3) is 0 Å². The number of amides is 2. The van der Waals surface area contributed by atoms with E-state index in [9.17, 15) is 18.5 Å². The van der Waals surface area contributed by atoms with Gasteiger partial charge in [0.05, 0.1) is 18.8 Å². The minimum Gasteiger partial charge on any atom is -0.612 e. The molecule has 25 heavy (non-hydrogen) atoms. The van der Waals surface area contributed by atoms with Crippen molar-refractivity contribution in [3.05, 3.63) is 41.1 Å². The van der Waals surface area contributed by atoms with Gasteiger partial charge in [-0.05, 0) is 34.9 Å². The third-order valence-electron chi connectivity index (χ3n) is 4.24. The van der Waals surface area contributed by atoms with E-state index in [-0.39, 0.29) is 24.9 Å². The molecule has 1 fully saturated rings. The van der Waals surface area contributed by atoms with Gasteiger partial charge in [-0.15, -0.1) is 0 Å². The van der Waals surface area contributed by atoms with Gasteiger partial charge in [-0.1, -0.05) is 6.07 Å². The first-order valence-electron chi connectivity index (χ1n) is 8.01. The van der Waals surface area contributed by atoms with Crippen molar-refractivity contribution in [2.75, 3.05) is 23.7 Å². The van der Waals surface area contributed by atoms with Crippen molar-refractivity contribution in [2.24, 2.45) is 0 Å². The van der Waals surface area contributed by atoms with Gasteiger partial charge in [0.1, 0.15) is 23.1 Å². The van der Waals surface area contributed by atoms with Crippen molar-refractivity contribution in [2.45, 2.75) is 25.4 Å². The van der Waals surface area contributed by atoms with E-state index in [1.165, 1.54) is 17.9 Å². The van der Waals surface area contributed by atoms with E-state index >= 15 is 0 Å². The monoisotopic (exact) mass is 366 g/mol. The van der Waals surface area contributed by atoms with Crippen LogP contribution in [0.4, 0.5) is 14.9 Å². The average molecular weight is 366 g/mol. The first-order valence-corrected chi connectivity index (χ1v) is 9.40. The average Bonchev–Trinajstić information content (AvgIpc) is 2.95. The molecule has 2 heterocycles. The molecule has 2 aliphatic heterocycles. The first-order chi connectivity index (χ1) is 11.9. The van der Waals surface area contributed by atoms with Gasteiger partial charge in [-0.3, -0.25) is 9.69 Å². The second kappa shape index (κ2) is 7.45. The Morgan fingerprint density at radius 1 is 1.52 bits per heavy atom. The molecular weight excluding hydrogens is 347 g/mol. The zero-order chi connectivity index (χ0) is 18.0. The number of rotatable bonds is 4. The van der Waals surface area contributed by atoms with Crippen molar-refractivity contribution < 1.29 is 23.3 Å². The lowest BCUT2D eigenvalue weighted by atomic mass is 9.95.